The number of hydrogen-bond donors (Lipinski definition) is 0. The molecule has 9 rings (SSSR count). The molecule has 0 fully saturated rings. The molecule has 0 radical (unpaired) electrons. The smallest absolute Gasteiger partial charge is 0.227 e. The fourth-order valence-corrected chi connectivity index (χ4v) is 6.48. The maximum absolute atomic E-state index is 6.52. The van der Waals surface area contributed by atoms with Gasteiger partial charge >= 0.3 is 0 Å². The predicted molar refractivity (Wildman–Crippen MR) is 184 cm³/mol. The molecule has 0 N–H and O–H groups in total. The fourth-order valence-electron chi connectivity index (χ4n) is 6.48. The van der Waals surface area contributed by atoms with Gasteiger partial charge in [0.15, 0.2) is 5.58 Å². The number of fused-ring (bicyclic) bond motifs is 8. The molecule has 1 aromatic heterocycles. The lowest BCUT2D eigenvalue weighted by molar-refractivity contribution is 0.623. The van der Waals surface area contributed by atoms with Gasteiger partial charge in [0, 0.05) is 33.4 Å². The van der Waals surface area contributed by atoms with Crippen molar-refractivity contribution in [2.45, 2.75) is 0 Å². The first-order valence-electron chi connectivity index (χ1n) is 14.9. The maximum Gasteiger partial charge on any atom is 0.227 e. The Morgan fingerprint density at radius 2 is 0.955 bits per heavy atom. The molecule has 0 bridgehead atoms. The van der Waals surface area contributed by atoms with E-state index in [-0.39, 0.29) is 0 Å². The third kappa shape index (κ3) is 3.94. The van der Waals surface area contributed by atoms with Crippen LogP contribution in [0.15, 0.2) is 162 Å². The number of oxazole rings is 1. The van der Waals surface area contributed by atoms with Crippen molar-refractivity contribution in [2.75, 3.05) is 4.90 Å². The molecule has 1 heterocycles. The highest BCUT2D eigenvalue weighted by molar-refractivity contribution is 6.23. The van der Waals surface area contributed by atoms with Gasteiger partial charge in [-0.15, -0.1) is 0 Å². The van der Waals surface area contributed by atoms with E-state index in [4.69, 9.17) is 9.40 Å². The van der Waals surface area contributed by atoms with Gasteiger partial charge in [0.05, 0.1) is 0 Å². The number of hydrogen-bond acceptors (Lipinski definition) is 3. The van der Waals surface area contributed by atoms with Gasteiger partial charge in [-0.2, -0.15) is 0 Å². The van der Waals surface area contributed by atoms with Crippen molar-refractivity contribution in [3.8, 4) is 11.5 Å². The van der Waals surface area contributed by atoms with E-state index < -0.39 is 0 Å². The van der Waals surface area contributed by atoms with Gasteiger partial charge < -0.3 is 9.32 Å². The Morgan fingerprint density at radius 1 is 0.409 bits per heavy atom. The van der Waals surface area contributed by atoms with Crippen LogP contribution in [0.2, 0.25) is 0 Å². The van der Waals surface area contributed by atoms with Gasteiger partial charge in [0.1, 0.15) is 5.52 Å². The molecule has 0 saturated carbocycles. The van der Waals surface area contributed by atoms with Crippen LogP contribution in [0.5, 0.6) is 0 Å². The van der Waals surface area contributed by atoms with E-state index in [1.807, 2.05) is 30.3 Å². The molecular weight excluding hydrogens is 536 g/mol. The molecule has 0 aliphatic rings. The predicted octanol–water partition coefficient (Wildman–Crippen LogP) is 11.6. The van der Waals surface area contributed by atoms with Crippen molar-refractivity contribution in [3.05, 3.63) is 158 Å². The summed E-state index contributed by atoms with van der Waals surface area (Å²) in [7, 11) is 0. The quantitative estimate of drug-likeness (QED) is 0.200. The first-order valence-corrected chi connectivity index (χ1v) is 14.9. The summed E-state index contributed by atoms with van der Waals surface area (Å²) in [4.78, 5) is 7.35. The molecule has 9 aromatic rings. The Kier molecular flexibility index (Phi) is 5.50. The third-order valence-corrected chi connectivity index (χ3v) is 8.61. The summed E-state index contributed by atoms with van der Waals surface area (Å²) in [6, 6.07) is 55.8. The number of nitrogens with zero attached hydrogens (tertiary/aromatic N) is 2. The van der Waals surface area contributed by atoms with E-state index in [1.54, 1.807) is 0 Å². The lowest BCUT2D eigenvalue weighted by Gasteiger charge is -2.26. The van der Waals surface area contributed by atoms with E-state index >= 15 is 0 Å². The second-order valence-corrected chi connectivity index (χ2v) is 11.2. The summed E-state index contributed by atoms with van der Waals surface area (Å²) in [5, 5.41) is 9.28. The second-order valence-electron chi connectivity index (χ2n) is 11.2. The minimum atomic E-state index is 0.635. The summed E-state index contributed by atoms with van der Waals surface area (Å²) in [6.07, 6.45) is 0. The number of aromatic nitrogens is 1. The molecule has 206 valence electrons. The Hall–Kier alpha value is -5.93. The van der Waals surface area contributed by atoms with Crippen LogP contribution in [0.25, 0.3) is 65.6 Å². The minimum Gasteiger partial charge on any atom is -0.435 e. The molecule has 0 unspecified atom stereocenters. The Labute approximate surface area is 254 Å². The van der Waals surface area contributed by atoms with E-state index in [1.165, 1.54) is 21.5 Å². The summed E-state index contributed by atoms with van der Waals surface area (Å²) < 4.78 is 6.52. The zero-order valence-electron chi connectivity index (χ0n) is 23.8. The first-order chi connectivity index (χ1) is 21.8. The number of anilines is 3. The zero-order chi connectivity index (χ0) is 29.0. The van der Waals surface area contributed by atoms with Crippen LogP contribution in [-0.2, 0) is 0 Å². The van der Waals surface area contributed by atoms with Gasteiger partial charge in [0.25, 0.3) is 0 Å². The lowest BCUT2D eigenvalue weighted by Crippen LogP contribution is -2.10. The van der Waals surface area contributed by atoms with Gasteiger partial charge in [-0.25, -0.2) is 4.98 Å². The van der Waals surface area contributed by atoms with Crippen LogP contribution in [0, 0.1) is 0 Å². The second kappa shape index (κ2) is 9.82. The number of benzene rings is 8. The van der Waals surface area contributed by atoms with Crippen LogP contribution >= 0.6 is 0 Å². The fraction of sp³-hybridized carbons (Fsp3) is 0. The van der Waals surface area contributed by atoms with Crippen LogP contribution in [0.4, 0.5) is 17.1 Å². The van der Waals surface area contributed by atoms with Crippen molar-refractivity contribution in [1.82, 2.24) is 4.98 Å². The largest absolute Gasteiger partial charge is 0.435 e. The molecule has 44 heavy (non-hydrogen) atoms. The summed E-state index contributed by atoms with van der Waals surface area (Å²) in [6.45, 7) is 0. The van der Waals surface area contributed by atoms with Gasteiger partial charge in [0.2, 0.25) is 5.89 Å². The highest BCUT2D eigenvalue weighted by atomic mass is 16.3. The molecule has 0 aliphatic carbocycles. The maximum atomic E-state index is 6.52. The van der Waals surface area contributed by atoms with Crippen molar-refractivity contribution in [1.29, 1.82) is 0 Å². The molecule has 3 heteroatoms. The molecule has 3 nitrogen and oxygen atoms in total. The average Bonchev–Trinajstić information content (AvgIpc) is 3.55. The molecule has 0 spiro atoms. The molecule has 0 saturated heterocycles. The van der Waals surface area contributed by atoms with Crippen LogP contribution in [-0.4, -0.2) is 4.98 Å². The average molecular weight is 563 g/mol. The van der Waals surface area contributed by atoms with Crippen molar-refractivity contribution < 1.29 is 4.42 Å². The van der Waals surface area contributed by atoms with E-state index in [2.05, 4.69) is 132 Å². The highest BCUT2D eigenvalue weighted by Crippen LogP contribution is 2.42. The van der Waals surface area contributed by atoms with Gasteiger partial charge in [-0.3, -0.25) is 0 Å². The monoisotopic (exact) mass is 562 g/mol. The van der Waals surface area contributed by atoms with E-state index in [9.17, 15) is 0 Å². The first kappa shape index (κ1) is 24.6. The highest BCUT2D eigenvalue weighted by Gasteiger charge is 2.19. The molecule has 8 aromatic carbocycles. The molecule has 0 amide bonds. The molecular formula is C41H26N2O. The lowest BCUT2D eigenvalue weighted by atomic mass is 9.99. The molecule has 0 aliphatic heterocycles. The van der Waals surface area contributed by atoms with Crippen molar-refractivity contribution in [3.63, 3.8) is 0 Å². The Bertz CT molecular complexity index is 2430. The number of rotatable bonds is 4. The van der Waals surface area contributed by atoms with Crippen LogP contribution in [0.1, 0.15) is 0 Å². The van der Waals surface area contributed by atoms with Crippen molar-refractivity contribution >= 4 is 71.3 Å². The normalized spacial score (nSPS) is 11.6. The summed E-state index contributed by atoms with van der Waals surface area (Å²) >= 11 is 0. The van der Waals surface area contributed by atoms with Crippen molar-refractivity contribution in [2.24, 2.45) is 0 Å². The third-order valence-electron chi connectivity index (χ3n) is 8.61. The van der Waals surface area contributed by atoms with Crippen LogP contribution < -0.4 is 4.90 Å². The van der Waals surface area contributed by atoms with E-state index in [0.717, 1.165) is 55.3 Å². The Morgan fingerprint density at radius 3 is 1.64 bits per heavy atom. The summed E-state index contributed by atoms with van der Waals surface area (Å²) in [5.74, 6) is 0.635. The zero-order valence-corrected chi connectivity index (χ0v) is 23.8. The standard InChI is InChI=1S/C41H26N2O/c1-2-12-29(13-3-1)41-42-39-36-17-9-8-16-35(36)38-26-34(22-23-37(38)40(39)44-41)43(32-20-18-27-10-4-6-14-30(27)24-32)33-21-19-28-11-5-7-15-31(28)25-33/h1-26H. The van der Waals surface area contributed by atoms with Crippen LogP contribution in [0.3, 0.4) is 0 Å². The molecule has 0 atom stereocenters. The van der Waals surface area contributed by atoms with Gasteiger partial charge in [-0.05, 0) is 86.9 Å². The SMILES string of the molecule is c1ccc(-c2nc3c4ccccc4c4cc(N(c5ccc6ccccc6c5)c5ccc6ccccc6c5)ccc4c3o2)cc1. The minimum absolute atomic E-state index is 0.635. The van der Waals surface area contributed by atoms with E-state index in [0.29, 0.717) is 5.89 Å². The van der Waals surface area contributed by atoms with Gasteiger partial charge in [-0.1, -0.05) is 103 Å². The Balaban J connectivity index is 1.31. The topological polar surface area (TPSA) is 29.3 Å². The summed E-state index contributed by atoms with van der Waals surface area (Å²) in [5.41, 5.74) is 5.96.